The molecule has 1 rings (SSSR count). The van der Waals surface area contributed by atoms with Crippen LogP contribution in [0.3, 0.4) is 0 Å². The molecule has 0 radical (unpaired) electrons. The smallest absolute Gasteiger partial charge is 0.241 e. The molecule has 0 aliphatic carbocycles. The van der Waals surface area contributed by atoms with Crippen LogP contribution in [0.5, 0.6) is 5.75 Å². The highest BCUT2D eigenvalue weighted by atomic mass is 35.5. The molecule has 0 fully saturated rings. The van der Waals surface area contributed by atoms with E-state index >= 15 is 0 Å². The Morgan fingerprint density at radius 3 is 2.72 bits per heavy atom. The number of hydrogen-bond acceptors (Lipinski definition) is 3. The molecule has 18 heavy (non-hydrogen) atoms. The number of halogens is 1. The van der Waals surface area contributed by atoms with Crippen molar-refractivity contribution < 1.29 is 9.53 Å². The van der Waals surface area contributed by atoms with Crippen LogP contribution in [0.25, 0.3) is 0 Å². The molecule has 1 aromatic rings. The Balaban J connectivity index is 2.70. The molecule has 3 N–H and O–H groups in total. The fraction of sp³-hybridized carbons (Fsp3) is 0.462. The van der Waals surface area contributed by atoms with Crippen molar-refractivity contribution in [3.05, 3.63) is 23.2 Å². The van der Waals surface area contributed by atoms with E-state index in [1.807, 2.05) is 13.8 Å². The minimum atomic E-state index is -0.508. The Kier molecular flexibility index (Phi) is 5.44. The van der Waals surface area contributed by atoms with Gasteiger partial charge in [0, 0.05) is 11.8 Å². The fourth-order valence-corrected chi connectivity index (χ4v) is 1.78. The Morgan fingerprint density at radius 2 is 2.17 bits per heavy atom. The lowest BCUT2D eigenvalue weighted by Gasteiger charge is -2.14. The summed E-state index contributed by atoms with van der Waals surface area (Å²) < 4.78 is 5.08. The first-order chi connectivity index (χ1) is 8.43. The van der Waals surface area contributed by atoms with E-state index < -0.39 is 6.04 Å². The van der Waals surface area contributed by atoms with Crippen molar-refractivity contribution in [3.63, 3.8) is 0 Å². The van der Waals surface area contributed by atoms with Gasteiger partial charge < -0.3 is 15.8 Å². The standard InChI is InChI=1S/C13H19ClN2O2/c1-8(2)6-11(15)13(17)16-9-4-5-10(14)12(7-9)18-3/h4-5,7-8,11H,6,15H2,1-3H3,(H,16,17). The predicted molar refractivity (Wildman–Crippen MR) is 74.1 cm³/mol. The molecule has 0 aromatic heterocycles. The van der Waals surface area contributed by atoms with Crippen LogP contribution in [0, 0.1) is 5.92 Å². The predicted octanol–water partition coefficient (Wildman–Crippen LogP) is 2.66. The molecule has 0 heterocycles. The van der Waals surface area contributed by atoms with Crippen LogP contribution in [0.4, 0.5) is 5.69 Å². The molecule has 4 nitrogen and oxygen atoms in total. The maximum Gasteiger partial charge on any atom is 0.241 e. The molecule has 5 heteroatoms. The molecule has 100 valence electrons. The van der Waals surface area contributed by atoms with Crippen molar-refractivity contribution in [1.29, 1.82) is 0 Å². The van der Waals surface area contributed by atoms with E-state index in [2.05, 4.69) is 5.32 Å². The Labute approximate surface area is 112 Å². The first-order valence-corrected chi connectivity index (χ1v) is 6.21. The Bertz CT molecular complexity index is 421. The van der Waals surface area contributed by atoms with Gasteiger partial charge in [-0.05, 0) is 24.5 Å². The van der Waals surface area contributed by atoms with E-state index in [1.54, 1.807) is 18.2 Å². The second-order valence-corrected chi connectivity index (χ2v) is 4.98. The molecular weight excluding hydrogens is 252 g/mol. The quantitative estimate of drug-likeness (QED) is 0.865. The molecule has 0 spiro atoms. The van der Waals surface area contributed by atoms with Gasteiger partial charge in [0.15, 0.2) is 0 Å². The number of nitrogens with two attached hydrogens (primary N) is 1. The Morgan fingerprint density at radius 1 is 1.50 bits per heavy atom. The number of carbonyl (C=O) groups is 1. The molecule has 0 saturated carbocycles. The van der Waals surface area contributed by atoms with Crippen molar-refractivity contribution in [2.24, 2.45) is 11.7 Å². The van der Waals surface area contributed by atoms with E-state index in [0.717, 1.165) is 0 Å². The third-order valence-electron chi connectivity index (χ3n) is 2.48. The number of hydrogen-bond donors (Lipinski definition) is 2. The SMILES string of the molecule is COc1cc(NC(=O)C(N)CC(C)C)ccc1Cl. The van der Waals surface area contributed by atoms with Gasteiger partial charge in [-0.25, -0.2) is 0 Å². The number of benzene rings is 1. The Hall–Kier alpha value is -1.26. The van der Waals surface area contributed by atoms with Crippen LogP contribution in [0.2, 0.25) is 5.02 Å². The summed E-state index contributed by atoms with van der Waals surface area (Å²) >= 11 is 5.90. The summed E-state index contributed by atoms with van der Waals surface area (Å²) in [6.45, 7) is 4.05. The molecule has 1 amide bonds. The average molecular weight is 271 g/mol. The molecule has 1 atom stereocenters. The van der Waals surface area contributed by atoms with Crippen LogP contribution in [-0.4, -0.2) is 19.1 Å². The van der Waals surface area contributed by atoms with Crippen LogP contribution in [0.15, 0.2) is 18.2 Å². The van der Waals surface area contributed by atoms with Gasteiger partial charge in [-0.1, -0.05) is 25.4 Å². The van der Waals surface area contributed by atoms with Crippen LogP contribution >= 0.6 is 11.6 Å². The zero-order valence-electron chi connectivity index (χ0n) is 10.9. The lowest BCUT2D eigenvalue weighted by Crippen LogP contribution is -2.36. The third-order valence-corrected chi connectivity index (χ3v) is 2.79. The number of rotatable bonds is 5. The van der Waals surface area contributed by atoms with Crippen LogP contribution in [0.1, 0.15) is 20.3 Å². The van der Waals surface area contributed by atoms with Crippen molar-refractivity contribution >= 4 is 23.2 Å². The van der Waals surface area contributed by atoms with E-state index in [4.69, 9.17) is 22.1 Å². The van der Waals surface area contributed by atoms with Gasteiger partial charge >= 0.3 is 0 Å². The van der Waals surface area contributed by atoms with E-state index in [0.29, 0.717) is 28.8 Å². The van der Waals surface area contributed by atoms with Crippen molar-refractivity contribution in [3.8, 4) is 5.75 Å². The van der Waals surface area contributed by atoms with Crippen LogP contribution < -0.4 is 15.8 Å². The highest BCUT2D eigenvalue weighted by Gasteiger charge is 2.15. The topological polar surface area (TPSA) is 64.3 Å². The second kappa shape index (κ2) is 6.61. The number of nitrogens with one attached hydrogen (secondary N) is 1. The van der Waals surface area contributed by atoms with Gasteiger partial charge in [0.25, 0.3) is 0 Å². The lowest BCUT2D eigenvalue weighted by atomic mass is 10.0. The van der Waals surface area contributed by atoms with Crippen molar-refractivity contribution in [1.82, 2.24) is 0 Å². The molecular formula is C13H19ClN2O2. The summed E-state index contributed by atoms with van der Waals surface area (Å²) in [6.07, 6.45) is 0.649. The van der Waals surface area contributed by atoms with Gasteiger partial charge in [-0.15, -0.1) is 0 Å². The van der Waals surface area contributed by atoms with E-state index in [1.165, 1.54) is 7.11 Å². The summed E-state index contributed by atoms with van der Waals surface area (Å²) in [4.78, 5) is 11.8. The maximum atomic E-state index is 11.8. The minimum Gasteiger partial charge on any atom is -0.495 e. The summed E-state index contributed by atoms with van der Waals surface area (Å²) in [6, 6.07) is 4.55. The molecule has 0 bridgehead atoms. The zero-order chi connectivity index (χ0) is 13.7. The first-order valence-electron chi connectivity index (χ1n) is 5.84. The van der Waals surface area contributed by atoms with Gasteiger partial charge in [0.1, 0.15) is 5.75 Å². The number of anilines is 1. The van der Waals surface area contributed by atoms with Gasteiger partial charge in [-0.3, -0.25) is 4.79 Å². The summed E-state index contributed by atoms with van der Waals surface area (Å²) in [7, 11) is 1.53. The van der Waals surface area contributed by atoms with E-state index in [-0.39, 0.29) is 5.91 Å². The molecule has 1 aromatic carbocycles. The number of amides is 1. The van der Waals surface area contributed by atoms with Gasteiger partial charge in [0.05, 0.1) is 18.2 Å². The van der Waals surface area contributed by atoms with Gasteiger partial charge in [-0.2, -0.15) is 0 Å². The van der Waals surface area contributed by atoms with Crippen molar-refractivity contribution in [2.75, 3.05) is 12.4 Å². The summed E-state index contributed by atoms with van der Waals surface area (Å²) in [5.41, 5.74) is 6.42. The maximum absolute atomic E-state index is 11.8. The largest absolute Gasteiger partial charge is 0.495 e. The van der Waals surface area contributed by atoms with E-state index in [9.17, 15) is 4.79 Å². The fourth-order valence-electron chi connectivity index (χ4n) is 1.59. The average Bonchev–Trinajstić information content (AvgIpc) is 2.30. The first kappa shape index (κ1) is 14.8. The molecule has 0 aliphatic heterocycles. The second-order valence-electron chi connectivity index (χ2n) is 4.57. The number of ether oxygens (including phenoxy) is 1. The highest BCUT2D eigenvalue weighted by molar-refractivity contribution is 6.32. The zero-order valence-corrected chi connectivity index (χ0v) is 11.6. The summed E-state index contributed by atoms with van der Waals surface area (Å²) in [5, 5.41) is 3.25. The number of carbonyl (C=O) groups excluding carboxylic acids is 1. The van der Waals surface area contributed by atoms with Gasteiger partial charge in [0.2, 0.25) is 5.91 Å². The third kappa shape index (κ3) is 4.20. The monoisotopic (exact) mass is 270 g/mol. The lowest BCUT2D eigenvalue weighted by molar-refractivity contribution is -0.117. The van der Waals surface area contributed by atoms with Crippen molar-refractivity contribution in [2.45, 2.75) is 26.3 Å². The molecule has 0 saturated heterocycles. The minimum absolute atomic E-state index is 0.201. The van der Waals surface area contributed by atoms with Crippen LogP contribution in [-0.2, 0) is 4.79 Å². The number of methoxy groups -OCH3 is 1. The highest BCUT2D eigenvalue weighted by Crippen LogP contribution is 2.27. The normalized spacial score (nSPS) is 12.3. The molecule has 0 aliphatic rings. The summed E-state index contributed by atoms with van der Waals surface area (Å²) in [5.74, 6) is 0.700. The molecule has 1 unspecified atom stereocenters.